The van der Waals surface area contributed by atoms with E-state index in [4.69, 9.17) is 4.74 Å². The molecule has 1 rings (SSSR count). The Balaban J connectivity index is 2.64. The lowest BCUT2D eigenvalue weighted by atomic mass is 9.89. The molecule has 0 unspecified atom stereocenters. The molecule has 0 aromatic heterocycles. The lowest BCUT2D eigenvalue weighted by Gasteiger charge is -2.32. The molecular weight excluding hydrogens is 222 g/mol. The summed E-state index contributed by atoms with van der Waals surface area (Å²) >= 11 is 0. The molecule has 0 saturated carbocycles. The Labute approximate surface area is 112 Å². The zero-order valence-corrected chi connectivity index (χ0v) is 12.3. The second-order valence-electron chi connectivity index (χ2n) is 4.77. The topological polar surface area (TPSA) is 21.3 Å². The van der Waals surface area contributed by atoms with Crippen molar-refractivity contribution in [1.82, 2.24) is 5.32 Å². The van der Waals surface area contributed by atoms with Crippen LogP contribution in [0.25, 0.3) is 0 Å². The Morgan fingerprint density at radius 3 is 2.28 bits per heavy atom. The summed E-state index contributed by atoms with van der Waals surface area (Å²) < 4.78 is 5.53. The van der Waals surface area contributed by atoms with Crippen LogP contribution in [0.2, 0.25) is 0 Å². The molecule has 0 aliphatic rings. The van der Waals surface area contributed by atoms with Crippen LogP contribution in [0.5, 0.6) is 5.75 Å². The van der Waals surface area contributed by atoms with Crippen molar-refractivity contribution in [2.45, 2.75) is 59.0 Å². The fourth-order valence-electron chi connectivity index (χ4n) is 2.33. The van der Waals surface area contributed by atoms with Crippen LogP contribution in [0, 0.1) is 0 Å². The van der Waals surface area contributed by atoms with Crippen LogP contribution < -0.4 is 10.1 Å². The molecule has 0 saturated heterocycles. The van der Waals surface area contributed by atoms with Crippen LogP contribution in [0.3, 0.4) is 0 Å². The summed E-state index contributed by atoms with van der Waals surface area (Å²) in [5.74, 6) is 0.965. The first kappa shape index (κ1) is 15.0. The molecular formula is C16H27NO. The summed E-state index contributed by atoms with van der Waals surface area (Å²) in [4.78, 5) is 0. The van der Waals surface area contributed by atoms with E-state index < -0.39 is 0 Å². The van der Waals surface area contributed by atoms with Crippen molar-refractivity contribution in [1.29, 1.82) is 0 Å². The molecule has 0 radical (unpaired) electrons. The van der Waals surface area contributed by atoms with E-state index in [-0.39, 0.29) is 5.54 Å². The molecule has 0 heterocycles. The maximum Gasteiger partial charge on any atom is 0.119 e. The van der Waals surface area contributed by atoms with E-state index in [1.54, 1.807) is 0 Å². The number of rotatable bonds is 8. The highest BCUT2D eigenvalue weighted by molar-refractivity contribution is 5.28. The highest BCUT2D eigenvalue weighted by atomic mass is 16.5. The van der Waals surface area contributed by atoms with Crippen LogP contribution in [0.1, 0.15) is 52.5 Å². The lowest BCUT2D eigenvalue weighted by Crippen LogP contribution is -2.43. The summed E-state index contributed by atoms with van der Waals surface area (Å²) in [6.07, 6.45) is 3.52. The molecule has 2 heteroatoms. The summed E-state index contributed by atoms with van der Waals surface area (Å²) in [7, 11) is 0. The molecule has 0 atom stereocenters. The van der Waals surface area contributed by atoms with Crippen LogP contribution in [0.4, 0.5) is 0 Å². The van der Waals surface area contributed by atoms with Gasteiger partial charge in [-0.05, 0) is 43.9 Å². The summed E-state index contributed by atoms with van der Waals surface area (Å²) in [5.41, 5.74) is 1.57. The van der Waals surface area contributed by atoms with E-state index in [2.05, 4.69) is 44.3 Å². The third-order valence-corrected chi connectivity index (χ3v) is 3.91. The monoisotopic (exact) mass is 249 g/mol. The third-order valence-electron chi connectivity index (χ3n) is 3.91. The van der Waals surface area contributed by atoms with E-state index in [0.717, 1.165) is 18.9 Å². The first-order valence-corrected chi connectivity index (χ1v) is 7.16. The average molecular weight is 249 g/mol. The Kier molecular flexibility index (Phi) is 6.20. The van der Waals surface area contributed by atoms with E-state index >= 15 is 0 Å². The minimum absolute atomic E-state index is 0.279. The van der Waals surface area contributed by atoms with Gasteiger partial charge in [0.1, 0.15) is 5.75 Å². The summed E-state index contributed by atoms with van der Waals surface area (Å²) in [6.45, 7) is 10.4. The molecule has 0 amide bonds. The molecule has 18 heavy (non-hydrogen) atoms. The molecule has 0 spiro atoms. The van der Waals surface area contributed by atoms with Gasteiger partial charge in [0.2, 0.25) is 0 Å². The van der Waals surface area contributed by atoms with Crippen molar-refractivity contribution in [2.75, 3.05) is 6.61 Å². The molecule has 0 aliphatic heterocycles. The first-order chi connectivity index (χ1) is 8.69. The van der Waals surface area contributed by atoms with E-state index in [9.17, 15) is 0 Å². The first-order valence-electron chi connectivity index (χ1n) is 7.16. The molecule has 102 valence electrons. The fourth-order valence-corrected chi connectivity index (χ4v) is 2.33. The van der Waals surface area contributed by atoms with Gasteiger partial charge in [-0.1, -0.05) is 32.9 Å². The SMILES string of the molecule is CCOc1cccc(CNC(CC)(CC)CC)c1. The maximum absolute atomic E-state index is 5.53. The van der Waals surface area contributed by atoms with Crippen molar-refractivity contribution in [2.24, 2.45) is 0 Å². The number of ether oxygens (including phenoxy) is 1. The summed E-state index contributed by atoms with van der Waals surface area (Å²) in [5, 5.41) is 3.71. The summed E-state index contributed by atoms with van der Waals surface area (Å²) in [6, 6.07) is 8.36. The zero-order valence-electron chi connectivity index (χ0n) is 12.3. The maximum atomic E-state index is 5.53. The second-order valence-corrected chi connectivity index (χ2v) is 4.77. The Morgan fingerprint density at radius 1 is 1.06 bits per heavy atom. The van der Waals surface area contributed by atoms with Gasteiger partial charge in [-0.3, -0.25) is 0 Å². The predicted molar refractivity (Wildman–Crippen MR) is 78.1 cm³/mol. The molecule has 0 fully saturated rings. The molecule has 2 nitrogen and oxygen atoms in total. The van der Waals surface area contributed by atoms with Gasteiger partial charge in [-0.25, -0.2) is 0 Å². The smallest absolute Gasteiger partial charge is 0.119 e. The Bertz CT molecular complexity index is 336. The normalized spacial score (nSPS) is 11.6. The van der Waals surface area contributed by atoms with Crippen molar-refractivity contribution >= 4 is 0 Å². The largest absolute Gasteiger partial charge is 0.494 e. The van der Waals surface area contributed by atoms with Gasteiger partial charge in [-0.2, -0.15) is 0 Å². The van der Waals surface area contributed by atoms with Crippen LogP contribution >= 0.6 is 0 Å². The molecule has 0 aliphatic carbocycles. The lowest BCUT2D eigenvalue weighted by molar-refractivity contribution is 0.287. The van der Waals surface area contributed by atoms with Gasteiger partial charge in [0, 0.05) is 12.1 Å². The van der Waals surface area contributed by atoms with Gasteiger partial charge in [0.25, 0.3) is 0 Å². The Morgan fingerprint density at radius 2 is 1.72 bits per heavy atom. The van der Waals surface area contributed by atoms with E-state index in [1.807, 2.05) is 13.0 Å². The van der Waals surface area contributed by atoms with Gasteiger partial charge in [-0.15, -0.1) is 0 Å². The standard InChI is InChI=1S/C16H27NO/c1-5-16(6-2,7-3)17-13-14-10-9-11-15(12-14)18-8-4/h9-12,17H,5-8,13H2,1-4H3. The van der Waals surface area contributed by atoms with Gasteiger partial charge < -0.3 is 10.1 Å². The van der Waals surface area contributed by atoms with Crippen LogP contribution in [-0.4, -0.2) is 12.1 Å². The van der Waals surface area contributed by atoms with Crippen LogP contribution in [0.15, 0.2) is 24.3 Å². The molecule has 1 aromatic carbocycles. The highest BCUT2D eigenvalue weighted by Crippen LogP contribution is 2.21. The van der Waals surface area contributed by atoms with Crippen molar-refractivity contribution in [3.8, 4) is 5.75 Å². The van der Waals surface area contributed by atoms with E-state index in [0.29, 0.717) is 0 Å². The number of benzene rings is 1. The number of hydrogen-bond donors (Lipinski definition) is 1. The molecule has 1 aromatic rings. The highest BCUT2D eigenvalue weighted by Gasteiger charge is 2.22. The quantitative estimate of drug-likeness (QED) is 0.747. The Hall–Kier alpha value is -1.02. The fraction of sp³-hybridized carbons (Fsp3) is 0.625. The minimum Gasteiger partial charge on any atom is -0.494 e. The zero-order chi connectivity index (χ0) is 13.4. The number of nitrogens with one attached hydrogen (secondary N) is 1. The van der Waals surface area contributed by atoms with Gasteiger partial charge >= 0.3 is 0 Å². The molecule has 0 bridgehead atoms. The van der Waals surface area contributed by atoms with Crippen molar-refractivity contribution in [3.63, 3.8) is 0 Å². The van der Waals surface area contributed by atoms with Crippen molar-refractivity contribution < 1.29 is 4.74 Å². The molecule has 1 N–H and O–H groups in total. The number of hydrogen-bond acceptors (Lipinski definition) is 2. The predicted octanol–water partition coefficient (Wildman–Crippen LogP) is 4.14. The second kappa shape index (κ2) is 7.42. The average Bonchev–Trinajstić information content (AvgIpc) is 2.42. The third kappa shape index (κ3) is 4.02. The van der Waals surface area contributed by atoms with E-state index in [1.165, 1.54) is 24.8 Å². The van der Waals surface area contributed by atoms with Crippen molar-refractivity contribution in [3.05, 3.63) is 29.8 Å². The van der Waals surface area contributed by atoms with Crippen LogP contribution in [-0.2, 0) is 6.54 Å². The van der Waals surface area contributed by atoms with Gasteiger partial charge in [0.15, 0.2) is 0 Å². The minimum atomic E-state index is 0.279. The van der Waals surface area contributed by atoms with Gasteiger partial charge in [0.05, 0.1) is 6.61 Å².